The van der Waals surface area contributed by atoms with Crippen molar-refractivity contribution in [1.82, 2.24) is 14.9 Å². The summed E-state index contributed by atoms with van der Waals surface area (Å²) in [7, 11) is 0. The Morgan fingerprint density at radius 2 is 2.00 bits per heavy atom. The summed E-state index contributed by atoms with van der Waals surface area (Å²) < 4.78 is 12.7. The largest absolute Gasteiger partial charge is 0.489 e. The maximum absolute atomic E-state index is 12.8. The highest BCUT2D eigenvalue weighted by Crippen LogP contribution is 2.21. The summed E-state index contributed by atoms with van der Waals surface area (Å²) in [6.45, 7) is 4.47. The third kappa shape index (κ3) is 4.78. The first kappa shape index (κ1) is 20.7. The van der Waals surface area contributed by atoms with E-state index in [2.05, 4.69) is 15.6 Å². The second kappa shape index (κ2) is 9.06. The Balaban J connectivity index is 1.44. The lowest BCUT2D eigenvalue weighted by Gasteiger charge is -2.11. The molecule has 0 unspecified atom stereocenters. The van der Waals surface area contributed by atoms with Crippen molar-refractivity contribution in [2.75, 3.05) is 5.32 Å². The zero-order valence-corrected chi connectivity index (χ0v) is 17.9. The van der Waals surface area contributed by atoms with Crippen LogP contribution in [0.4, 0.5) is 5.82 Å². The van der Waals surface area contributed by atoms with Crippen LogP contribution in [0.1, 0.15) is 32.9 Å². The van der Waals surface area contributed by atoms with Crippen molar-refractivity contribution in [2.45, 2.75) is 27.0 Å². The Hall–Kier alpha value is -3.58. The molecule has 7 nitrogen and oxygen atoms in total. The number of anilines is 1. The summed E-state index contributed by atoms with van der Waals surface area (Å²) in [5, 5.41) is 11.8. The molecular formula is C23H21ClN4O3. The highest BCUT2D eigenvalue weighted by Gasteiger charge is 2.13. The maximum Gasteiger partial charge on any atom is 0.256 e. The molecule has 0 saturated carbocycles. The average molecular weight is 437 g/mol. The van der Waals surface area contributed by atoms with Gasteiger partial charge < -0.3 is 14.6 Å². The van der Waals surface area contributed by atoms with Gasteiger partial charge in [0.25, 0.3) is 5.91 Å². The second-order valence-corrected chi connectivity index (χ2v) is 7.45. The lowest BCUT2D eigenvalue weighted by Crippen LogP contribution is -2.16. The SMILES string of the molecule is Cc1noc(C)c1COc1cccc(C(=O)Nc2ccnn2Cc2ccccc2Cl)c1. The van der Waals surface area contributed by atoms with Crippen molar-refractivity contribution >= 4 is 23.3 Å². The predicted molar refractivity (Wildman–Crippen MR) is 117 cm³/mol. The zero-order chi connectivity index (χ0) is 21.8. The van der Waals surface area contributed by atoms with Gasteiger partial charge in [-0.05, 0) is 43.7 Å². The minimum absolute atomic E-state index is 0.260. The Kier molecular flexibility index (Phi) is 6.04. The molecule has 0 spiro atoms. The number of aromatic nitrogens is 3. The monoisotopic (exact) mass is 436 g/mol. The van der Waals surface area contributed by atoms with Gasteiger partial charge in [0.15, 0.2) is 0 Å². The molecule has 2 heterocycles. The quantitative estimate of drug-likeness (QED) is 0.439. The topological polar surface area (TPSA) is 82.2 Å². The van der Waals surface area contributed by atoms with E-state index in [0.29, 0.717) is 35.3 Å². The molecule has 2 aromatic heterocycles. The Morgan fingerprint density at radius 1 is 1.16 bits per heavy atom. The number of benzene rings is 2. The lowest BCUT2D eigenvalue weighted by atomic mass is 10.2. The van der Waals surface area contributed by atoms with Crippen LogP contribution in [0.15, 0.2) is 65.3 Å². The number of amides is 1. The molecule has 0 fully saturated rings. The number of carbonyl (C=O) groups is 1. The van der Waals surface area contributed by atoms with Gasteiger partial charge in [-0.25, -0.2) is 4.68 Å². The molecule has 0 bridgehead atoms. The molecule has 2 aromatic carbocycles. The first-order valence-electron chi connectivity index (χ1n) is 9.72. The summed E-state index contributed by atoms with van der Waals surface area (Å²) in [6, 6.07) is 16.3. The van der Waals surface area contributed by atoms with Crippen molar-refractivity contribution in [3.63, 3.8) is 0 Å². The summed E-state index contributed by atoms with van der Waals surface area (Å²) >= 11 is 6.25. The molecule has 4 aromatic rings. The lowest BCUT2D eigenvalue weighted by molar-refractivity contribution is 0.102. The minimum atomic E-state index is -0.260. The molecule has 31 heavy (non-hydrogen) atoms. The van der Waals surface area contributed by atoms with Gasteiger partial charge >= 0.3 is 0 Å². The number of rotatable bonds is 7. The van der Waals surface area contributed by atoms with Crippen molar-refractivity contribution < 1.29 is 14.1 Å². The van der Waals surface area contributed by atoms with Gasteiger partial charge in [0, 0.05) is 16.7 Å². The van der Waals surface area contributed by atoms with E-state index in [1.807, 2.05) is 38.1 Å². The van der Waals surface area contributed by atoms with E-state index in [1.165, 1.54) is 0 Å². The summed E-state index contributed by atoms with van der Waals surface area (Å²) in [6.07, 6.45) is 1.63. The third-order valence-electron chi connectivity index (χ3n) is 4.90. The highest BCUT2D eigenvalue weighted by atomic mass is 35.5. The molecule has 0 aliphatic rings. The molecule has 1 amide bonds. The predicted octanol–water partition coefficient (Wildman–Crippen LogP) is 5.02. The number of halogens is 1. The number of hydrogen-bond acceptors (Lipinski definition) is 5. The summed E-state index contributed by atoms with van der Waals surface area (Å²) in [5.74, 6) is 1.62. The van der Waals surface area contributed by atoms with Crippen LogP contribution in [0.5, 0.6) is 5.75 Å². The molecule has 8 heteroatoms. The number of ether oxygens (including phenoxy) is 1. The van der Waals surface area contributed by atoms with Gasteiger partial charge in [0.2, 0.25) is 0 Å². The number of hydrogen-bond donors (Lipinski definition) is 1. The van der Waals surface area contributed by atoms with E-state index in [0.717, 1.165) is 22.6 Å². The van der Waals surface area contributed by atoms with Crippen LogP contribution in [-0.2, 0) is 13.2 Å². The van der Waals surface area contributed by atoms with E-state index < -0.39 is 0 Å². The number of nitrogens with one attached hydrogen (secondary N) is 1. The van der Waals surface area contributed by atoms with Crippen molar-refractivity contribution in [3.05, 3.63) is 94.0 Å². The van der Waals surface area contributed by atoms with Crippen LogP contribution in [0.3, 0.4) is 0 Å². The summed E-state index contributed by atoms with van der Waals surface area (Å²) in [5.41, 5.74) is 3.08. The highest BCUT2D eigenvalue weighted by molar-refractivity contribution is 6.31. The number of nitrogens with zero attached hydrogens (tertiary/aromatic N) is 3. The molecule has 0 radical (unpaired) electrons. The number of aryl methyl sites for hydroxylation is 2. The van der Waals surface area contributed by atoms with Gasteiger partial charge in [-0.3, -0.25) is 4.79 Å². The van der Waals surface area contributed by atoms with E-state index in [9.17, 15) is 4.79 Å². The first-order chi connectivity index (χ1) is 15.0. The fraction of sp³-hybridized carbons (Fsp3) is 0.174. The Morgan fingerprint density at radius 3 is 2.77 bits per heavy atom. The first-order valence-corrected chi connectivity index (χ1v) is 10.1. The van der Waals surface area contributed by atoms with E-state index >= 15 is 0 Å². The van der Waals surface area contributed by atoms with Gasteiger partial charge in [0.1, 0.15) is 23.9 Å². The number of carbonyl (C=O) groups excluding carboxylic acids is 1. The van der Waals surface area contributed by atoms with Gasteiger partial charge in [-0.15, -0.1) is 0 Å². The normalized spacial score (nSPS) is 10.8. The Bertz CT molecular complexity index is 1200. The zero-order valence-electron chi connectivity index (χ0n) is 17.1. The molecule has 4 rings (SSSR count). The molecule has 0 atom stereocenters. The van der Waals surface area contributed by atoms with E-state index in [1.54, 1.807) is 41.2 Å². The smallest absolute Gasteiger partial charge is 0.256 e. The van der Waals surface area contributed by atoms with Crippen LogP contribution in [-0.4, -0.2) is 20.8 Å². The van der Waals surface area contributed by atoms with Crippen LogP contribution in [0.2, 0.25) is 5.02 Å². The Labute approximate surface area is 184 Å². The average Bonchev–Trinajstić information content (AvgIpc) is 3.34. The molecular weight excluding hydrogens is 416 g/mol. The summed E-state index contributed by atoms with van der Waals surface area (Å²) in [4.78, 5) is 12.8. The van der Waals surface area contributed by atoms with Gasteiger partial charge in [-0.2, -0.15) is 5.10 Å². The van der Waals surface area contributed by atoms with E-state index in [4.69, 9.17) is 20.9 Å². The molecule has 0 aliphatic heterocycles. The second-order valence-electron chi connectivity index (χ2n) is 7.04. The molecule has 1 N–H and O–H groups in total. The van der Waals surface area contributed by atoms with Crippen molar-refractivity contribution in [2.24, 2.45) is 0 Å². The van der Waals surface area contributed by atoms with Crippen LogP contribution in [0.25, 0.3) is 0 Å². The van der Waals surface area contributed by atoms with Crippen molar-refractivity contribution in [3.8, 4) is 5.75 Å². The molecule has 158 valence electrons. The fourth-order valence-electron chi connectivity index (χ4n) is 3.13. The van der Waals surface area contributed by atoms with Gasteiger partial charge in [0.05, 0.1) is 24.0 Å². The maximum atomic E-state index is 12.8. The minimum Gasteiger partial charge on any atom is -0.489 e. The fourth-order valence-corrected chi connectivity index (χ4v) is 3.33. The molecule has 0 aliphatic carbocycles. The van der Waals surface area contributed by atoms with Gasteiger partial charge in [-0.1, -0.05) is 41.0 Å². The van der Waals surface area contributed by atoms with Crippen molar-refractivity contribution in [1.29, 1.82) is 0 Å². The third-order valence-corrected chi connectivity index (χ3v) is 5.27. The van der Waals surface area contributed by atoms with E-state index in [-0.39, 0.29) is 5.91 Å². The van der Waals surface area contributed by atoms with Crippen LogP contribution < -0.4 is 10.1 Å². The van der Waals surface area contributed by atoms with Crippen LogP contribution in [0, 0.1) is 13.8 Å². The molecule has 0 saturated heterocycles. The van der Waals surface area contributed by atoms with Crippen LogP contribution >= 0.6 is 11.6 Å². The standard InChI is InChI=1S/C23H21ClN4O3/c1-15-20(16(2)31-27-15)14-30-19-8-5-7-17(12-19)23(29)26-22-10-11-25-28(22)13-18-6-3-4-9-21(18)24/h3-12H,13-14H2,1-2H3,(H,26,29).